The monoisotopic (exact) mass is 269 g/mol. The quantitative estimate of drug-likeness (QED) is 0.643. The molecule has 106 valence electrons. The molecule has 20 heavy (non-hydrogen) atoms. The van der Waals surface area contributed by atoms with E-state index in [1.807, 2.05) is 12.4 Å². The summed E-state index contributed by atoms with van der Waals surface area (Å²) in [6.07, 6.45) is 11.6. The lowest BCUT2D eigenvalue weighted by molar-refractivity contribution is 0.435. The number of rotatable bonds is 6. The van der Waals surface area contributed by atoms with Crippen molar-refractivity contribution in [3.8, 4) is 0 Å². The molecule has 0 fully saturated rings. The first-order valence-electron chi connectivity index (χ1n) is 7.69. The zero-order valence-corrected chi connectivity index (χ0v) is 12.0. The van der Waals surface area contributed by atoms with Crippen LogP contribution in [0.2, 0.25) is 0 Å². The van der Waals surface area contributed by atoms with E-state index in [0.29, 0.717) is 0 Å². The van der Waals surface area contributed by atoms with Crippen molar-refractivity contribution in [1.82, 2.24) is 14.9 Å². The first kappa shape index (κ1) is 13.4. The Balaban J connectivity index is 1.40. The first-order chi connectivity index (χ1) is 9.93. The maximum Gasteiger partial charge on any atom is 0.0958 e. The van der Waals surface area contributed by atoms with E-state index in [1.54, 1.807) is 0 Å². The van der Waals surface area contributed by atoms with E-state index in [2.05, 4.69) is 45.2 Å². The number of allylic oxidation sites excluding steroid dienone is 2. The fraction of sp³-hybridized carbons (Fsp3) is 0.471. The Bertz CT molecular complexity index is 570. The largest absolute Gasteiger partial charge is 0.331 e. The van der Waals surface area contributed by atoms with Crippen molar-refractivity contribution >= 4 is 11.0 Å². The van der Waals surface area contributed by atoms with Gasteiger partial charge in [-0.3, -0.25) is 0 Å². The maximum atomic E-state index is 4.43. The summed E-state index contributed by atoms with van der Waals surface area (Å²) in [4.78, 5) is 4.43. The van der Waals surface area contributed by atoms with E-state index in [1.165, 1.54) is 24.8 Å². The molecule has 1 aromatic carbocycles. The standard InChI is InChI=1S/C17H23N3/c1-2-7-15(8-3-1)13-18-11-6-12-20-14-19-16-9-4-5-10-17(16)20/h1-2,4-5,9-10,14-15,18H,3,6-8,11-13H2. The van der Waals surface area contributed by atoms with Crippen molar-refractivity contribution in [3.05, 3.63) is 42.7 Å². The van der Waals surface area contributed by atoms with E-state index in [9.17, 15) is 0 Å². The SMILES string of the molecule is C1=CCC(CNCCCn2cnc3ccccc32)CC1. The second-order valence-corrected chi connectivity index (χ2v) is 5.63. The average Bonchev–Trinajstić information content (AvgIpc) is 2.91. The van der Waals surface area contributed by atoms with Crippen LogP contribution in [0.1, 0.15) is 25.7 Å². The lowest BCUT2D eigenvalue weighted by Gasteiger charge is -2.18. The zero-order chi connectivity index (χ0) is 13.6. The molecule has 0 amide bonds. The summed E-state index contributed by atoms with van der Waals surface area (Å²) in [6.45, 7) is 3.29. The van der Waals surface area contributed by atoms with Crippen LogP contribution in [0.25, 0.3) is 11.0 Å². The summed E-state index contributed by atoms with van der Waals surface area (Å²) in [5.74, 6) is 0.842. The highest BCUT2D eigenvalue weighted by Gasteiger charge is 2.08. The number of aryl methyl sites for hydroxylation is 1. The third-order valence-corrected chi connectivity index (χ3v) is 4.09. The summed E-state index contributed by atoms with van der Waals surface area (Å²) >= 11 is 0. The highest BCUT2D eigenvalue weighted by atomic mass is 15.0. The highest BCUT2D eigenvalue weighted by Crippen LogP contribution is 2.17. The van der Waals surface area contributed by atoms with Crippen LogP contribution in [0.15, 0.2) is 42.7 Å². The number of imidazole rings is 1. The third-order valence-electron chi connectivity index (χ3n) is 4.09. The van der Waals surface area contributed by atoms with Crippen LogP contribution in [0.5, 0.6) is 0 Å². The Morgan fingerprint density at radius 2 is 2.20 bits per heavy atom. The minimum atomic E-state index is 0.842. The van der Waals surface area contributed by atoms with Gasteiger partial charge in [0, 0.05) is 6.54 Å². The van der Waals surface area contributed by atoms with Gasteiger partial charge < -0.3 is 9.88 Å². The molecule has 2 aromatic rings. The lowest BCUT2D eigenvalue weighted by Crippen LogP contribution is -2.25. The number of fused-ring (bicyclic) bond motifs is 1. The molecule has 3 rings (SSSR count). The van der Waals surface area contributed by atoms with E-state index in [4.69, 9.17) is 0 Å². The van der Waals surface area contributed by atoms with Crippen LogP contribution >= 0.6 is 0 Å². The third kappa shape index (κ3) is 3.28. The Kier molecular flexibility index (Phi) is 4.49. The molecule has 1 N–H and O–H groups in total. The molecule has 0 saturated heterocycles. The van der Waals surface area contributed by atoms with Gasteiger partial charge >= 0.3 is 0 Å². The summed E-state index contributed by atoms with van der Waals surface area (Å²) < 4.78 is 2.25. The van der Waals surface area contributed by atoms with Gasteiger partial charge in [0.05, 0.1) is 17.4 Å². The van der Waals surface area contributed by atoms with Crippen LogP contribution in [0.4, 0.5) is 0 Å². The molecular formula is C17H23N3. The van der Waals surface area contributed by atoms with E-state index in [-0.39, 0.29) is 0 Å². The average molecular weight is 269 g/mol. The van der Waals surface area contributed by atoms with Crippen molar-refractivity contribution < 1.29 is 0 Å². The predicted molar refractivity (Wildman–Crippen MR) is 83.7 cm³/mol. The van der Waals surface area contributed by atoms with Crippen LogP contribution < -0.4 is 5.32 Å². The van der Waals surface area contributed by atoms with Gasteiger partial charge in [-0.25, -0.2) is 4.98 Å². The molecule has 1 heterocycles. The summed E-state index contributed by atoms with van der Waals surface area (Å²) in [7, 11) is 0. The number of hydrogen-bond donors (Lipinski definition) is 1. The number of aromatic nitrogens is 2. The molecule has 0 aliphatic heterocycles. The van der Waals surface area contributed by atoms with Gasteiger partial charge in [0.25, 0.3) is 0 Å². The molecule has 1 aromatic heterocycles. The van der Waals surface area contributed by atoms with Gasteiger partial charge in [0.2, 0.25) is 0 Å². The molecule has 0 saturated carbocycles. The predicted octanol–water partition coefficient (Wildman–Crippen LogP) is 3.37. The fourth-order valence-electron chi connectivity index (χ4n) is 2.91. The van der Waals surface area contributed by atoms with Crippen molar-refractivity contribution in [3.63, 3.8) is 0 Å². The summed E-state index contributed by atoms with van der Waals surface area (Å²) in [6, 6.07) is 8.33. The number of nitrogens with one attached hydrogen (secondary N) is 1. The molecule has 0 spiro atoms. The van der Waals surface area contributed by atoms with Crippen molar-refractivity contribution in [2.75, 3.05) is 13.1 Å². The highest BCUT2D eigenvalue weighted by molar-refractivity contribution is 5.74. The van der Waals surface area contributed by atoms with E-state index in [0.717, 1.165) is 37.5 Å². The van der Waals surface area contributed by atoms with Crippen LogP contribution in [0.3, 0.4) is 0 Å². The minimum absolute atomic E-state index is 0.842. The van der Waals surface area contributed by atoms with E-state index >= 15 is 0 Å². The molecule has 1 aliphatic carbocycles. The Morgan fingerprint density at radius 1 is 1.25 bits per heavy atom. The molecule has 3 nitrogen and oxygen atoms in total. The number of benzene rings is 1. The number of hydrogen-bond acceptors (Lipinski definition) is 2. The van der Waals surface area contributed by atoms with Gasteiger partial charge in [0.15, 0.2) is 0 Å². The van der Waals surface area contributed by atoms with Crippen molar-refractivity contribution in [2.45, 2.75) is 32.2 Å². The van der Waals surface area contributed by atoms with Crippen molar-refractivity contribution in [2.24, 2.45) is 5.92 Å². The molecule has 1 atom stereocenters. The van der Waals surface area contributed by atoms with Gasteiger partial charge in [-0.15, -0.1) is 0 Å². The minimum Gasteiger partial charge on any atom is -0.331 e. The number of para-hydroxylation sites is 2. The summed E-state index contributed by atoms with van der Waals surface area (Å²) in [5.41, 5.74) is 2.33. The molecule has 0 bridgehead atoms. The summed E-state index contributed by atoms with van der Waals surface area (Å²) in [5, 5.41) is 3.60. The Labute approximate surface area is 120 Å². The van der Waals surface area contributed by atoms with Crippen molar-refractivity contribution in [1.29, 1.82) is 0 Å². The van der Waals surface area contributed by atoms with Crippen LogP contribution in [-0.4, -0.2) is 22.6 Å². The second-order valence-electron chi connectivity index (χ2n) is 5.63. The van der Waals surface area contributed by atoms with E-state index < -0.39 is 0 Å². The van der Waals surface area contributed by atoms with Crippen LogP contribution in [-0.2, 0) is 6.54 Å². The lowest BCUT2D eigenvalue weighted by atomic mass is 9.94. The molecule has 1 aliphatic rings. The Morgan fingerprint density at radius 3 is 3.10 bits per heavy atom. The molecule has 0 radical (unpaired) electrons. The molecular weight excluding hydrogens is 246 g/mol. The fourth-order valence-corrected chi connectivity index (χ4v) is 2.91. The number of nitrogens with zero attached hydrogens (tertiary/aromatic N) is 2. The normalized spacial score (nSPS) is 18.7. The molecule has 1 unspecified atom stereocenters. The second kappa shape index (κ2) is 6.71. The topological polar surface area (TPSA) is 29.9 Å². The van der Waals surface area contributed by atoms with Gasteiger partial charge in [-0.1, -0.05) is 24.3 Å². The Hall–Kier alpha value is -1.61. The molecule has 3 heteroatoms. The maximum absolute atomic E-state index is 4.43. The first-order valence-corrected chi connectivity index (χ1v) is 7.69. The van der Waals surface area contributed by atoms with Gasteiger partial charge in [-0.2, -0.15) is 0 Å². The van der Waals surface area contributed by atoms with Gasteiger partial charge in [-0.05, 0) is 56.8 Å². The van der Waals surface area contributed by atoms with Gasteiger partial charge in [0.1, 0.15) is 0 Å². The van der Waals surface area contributed by atoms with Crippen LogP contribution in [0, 0.1) is 5.92 Å². The zero-order valence-electron chi connectivity index (χ0n) is 12.0. The smallest absolute Gasteiger partial charge is 0.0958 e.